The van der Waals surface area contributed by atoms with Crippen LogP contribution in [-0.2, 0) is 12.0 Å². The Balaban J connectivity index is 1.43. The topological polar surface area (TPSA) is 39.2 Å². The van der Waals surface area contributed by atoms with Crippen LogP contribution in [-0.4, -0.2) is 11.3 Å². The van der Waals surface area contributed by atoms with Gasteiger partial charge in [-0.05, 0) is 66.4 Å². The van der Waals surface area contributed by atoms with Crippen LogP contribution in [0.4, 0.5) is 4.39 Å². The molecule has 0 N–H and O–H groups in total. The van der Waals surface area contributed by atoms with Crippen LogP contribution >= 0.6 is 0 Å². The van der Waals surface area contributed by atoms with Crippen molar-refractivity contribution in [3.05, 3.63) is 107 Å². The normalized spacial score (nSPS) is 14.7. The minimum absolute atomic E-state index is 0.137. The second-order valence-electron chi connectivity index (χ2n) is 8.10. The summed E-state index contributed by atoms with van der Waals surface area (Å²) in [4.78, 5) is 16.4. The molecule has 5 rings (SSSR count). The third-order valence-electron chi connectivity index (χ3n) is 6.30. The van der Waals surface area contributed by atoms with Crippen LogP contribution < -0.4 is 4.74 Å². The van der Waals surface area contributed by atoms with Gasteiger partial charge in [0.2, 0.25) is 0 Å². The number of fused-ring (bicyclic) bond motifs is 1. The molecule has 3 nitrogen and oxygen atoms in total. The molecule has 1 aliphatic rings. The maximum atomic E-state index is 13.4. The summed E-state index contributed by atoms with van der Waals surface area (Å²) in [5.41, 5.74) is 4.34. The lowest BCUT2D eigenvalue weighted by Crippen LogP contribution is -2.36. The quantitative estimate of drug-likeness (QED) is 0.353. The van der Waals surface area contributed by atoms with Gasteiger partial charge in [0.05, 0.1) is 11.2 Å². The number of aldehydes is 1. The SMILES string of the molecule is O=Cc1ccc(OCc2ccc3cc(F)ccc3n2)cc1C1(c2ccccc2)CCC1. The first-order valence-corrected chi connectivity index (χ1v) is 10.5. The summed E-state index contributed by atoms with van der Waals surface area (Å²) >= 11 is 0. The molecule has 1 fully saturated rings. The first-order valence-electron chi connectivity index (χ1n) is 10.5. The Hall–Kier alpha value is -3.53. The smallest absolute Gasteiger partial charge is 0.150 e. The number of nitrogens with zero attached hydrogens (tertiary/aromatic N) is 1. The third-order valence-corrected chi connectivity index (χ3v) is 6.30. The third kappa shape index (κ3) is 3.59. The molecule has 3 aromatic carbocycles. The average molecular weight is 411 g/mol. The van der Waals surface area contributed by atoms with Crippen LogP contribution in [0.1, 0.15) is 46.4 Å². The molecule has 0 spiro atoms. The number of carbonyl (C=O) groups is 1. The summed E-state index contributed by atoms with van der Waals surface area (Å²) in [6.07, 6.45) is 4.11. The van der Waals surface area contributed by atoms with E-state index in [0.29, 0.717) is 17.9 Å². The van der Waals surface area contributed by atoms with Gasteiger partial charge in [0.1, 0.15) is 24.5 Å². The van der Waals surface area contributed by atoms with Gasteiger partial charge in [0.15, 0.2) is 0 Å². The van der Waals surface area contributed by atoms with Crippen LogP contribution in [0.25, 0.3) is 10.9 Å². The largest absolute Gasteiger partial charge is 0.487 e. The highest BCUT2D eigenvalue weighted by Crippen LogP contribution is 2.50. The van der Waals surface area contributed by atoms with Crippen molar-refractivity contribution in [2.45, 2.75) is 31.3 Å². The van der Waals surface area contributed by atoms with E-state index in [0.717, 1.165) is 47.7 Å². The molecule has 1 aliphatic carbocycles. The fourth-order valence-corrected chi connectivity index (χ4v) is 4.52. The number of hydrogen-bond donors (Lipinski definition) is 0. The Morgan fingerprint density at radius 1 is 0.968 bits per heavy atom. The molecule has 4 heteroatoms. The van der Waals surface area contributed by atoms with Crippen molar-refractivity contribution in [2.75, 3.05) is 0 Å². The van der Waals surface area contributed by atoms with Crippen LogP contribution in [0, 0.1) is 5.82 Å². The number of ether oxygens (including phenoxy) is 1. The second kappa shape index (κ2) is 7.95. The zero-order chi connectivity index (χ0) is 21.3. The lowest BCUT2D eigenvalue weighted by Gasteiger charge is -2.44. The van der Waals surface area contributed by atoms with Crippen LogP contribution in [0.3, 0.4) is 0 Å². The fraction of sp³-hybridized carbons (Fsp3) is 0.185. The summed E-state index contributed by atoms with van der Waals surface area (Å²) in [6, 6.07) is 24.3. The molecule has 0 radical (unpaired) electrons. The Morgan fingerprint density at radius 2 is 1.81 bits per heavy atom. The van der Waals surface area contributed by atoms with E-state index in [1.807, 2.05) is 48.5 Å². The summed E-state index contributed by atoms with van der Waals surface area (Å²) in [6.45, 7) is 0.297. The van der Waals surface area contributed by atoms with Crippen LogP contribution in [0.15, 0.2) is 78.9 Å². The molecule has 1 aromatic heterocycles. The lowest BCUT2D eigenvalue weighted by atomic mass is 9.59. The monoisotopic (exact) mass is 411 g/mol. The van der Waals surface area contributed by atoms with E-state index in [9.17, 15) is 9.18 Å². The van der Waals surface area contributed by atoms with Gasteiger partial charge in [-0.15, -0.1) is 0 Å². The minimum Gasteiger partial charge on any atom is -0.487 e. The van der Waals surface area contributed by atoms with Crippen molar-refractivity contribution in [3.63, 3.8) is 0 Å². The molecule has 1 heterocycles. The lowest BCUT2D eigenvalue weighted by molar-refractivity contribution is 0.111. The van der Waals surface area contributed by atoms with E-state index in [2.05, 4.69) is 17.1 Å². The molecule has 0 saturated heterocycles. The number of pyridine rings is 1. The van der Waals surface area contributed by atoms with Crippen molar-refractivity contribution in [1.29, 1.82) is 0 Å². The summed E-state index contributed by atoms with van der Waals surface area (Å²) in [7, 11) is 0. The Bertz CT molecular complexity index is 1250. The molecule has 0 aliphatic heterocycles. The molecule has 1 saturated carbocycles. The predicted octanol–water partition coefficient (Wildman–Crippen LogP) is 6.24. The van der Waals surface area contributed by atoms with E-state index in [-0.39, 0.29) is 11.2 Å². The predicted molar refractivity (Wildman–Crippen MR) is 119 cm³/mol. The molecule has 154 valence electrons. The summed E-state index contributed by atoms with van der Waals surface area (Å²) < 4.78 is 19.4. The highest BCUT2D eigenvalue weighted by atomic mass is 19.1. The summed E-state index contributed by atoms with van der Waals surface area (Å²) in [5, 5.41) is 0.760. The van der Waals surface area contributed by atoms with E-state index >= 15 is 0 Å². The fourth-order valence-electron chi connectivity index (χ4n) is 4.52. The van der Waals surface area contributed by atoms with Crippen molar-refractivity contribution >= 4 is 17.2 Å². The molecule has 31 heavy (non-hydrogen) atoms. The van der Waals surface area contributed by atoms with Crippen molar-refractivity contribution in [1.82, 2.24) is 4.98 Å². The molecular weight excluding hydrogens is 389 g/mol. The maximum Gasteiger partial charge on any atom is 0.150 e. The molecule has 0 amide bonds. The van der Waals surface area contributed by atoms with Gasteiger partial charge in [0.25, 0.3) is 0 Å². The van der Waals surface area contributed by atoms with Crippen molar-refractivity contribution in [3.8, 4) is 5.75 Å². The first kappa shape index (κ1) is 19.4. The van der Waals surface area contributed by atoms with Gasteiger partial charge < -0.3 is 4.74 Å². The van der Waals surface area contributed by atoms with E-state index in [1.54, 1.807) is 6.07 Å². The van der Waals surface area contributed by atoms with Crippen molar-refractivity contribution in [2.24, 2.45) is 0 Å². The first-order chi connectivity index (χ1) is 15.2. The van der Waals surface area contributed by atoms with Gasteiger partial charge >= 0.3 is 0 Å². The maximum absolute atomic E-state index is 13.4. The number of halogens is 1. The zero-order valence-electron chi connectivity index (χ0n) is 17.1. The summed E-state index contributed by atoms with van der Waals surface area (Å²) in [5.74, 6) is 0.438. The standard InChI is InChI=1S/C27H22FNO2/c28-22-9-12-26-19(15-22)7-10-23(29-26)18-31-24-11-8-20(17-30)25(16-24)27(13-4-14-27)21-5-2-1-3-6-21/h1-3,5-12,15-17H,4,13-14,18H2. The number of carbonyl (C=O) groups excluding carboxylic acids is 1. The average Bonchev–Trinajstić information content (AvgIpc) is 2.78. The molecular formula is C27H22FNO2. The number of benzene rings is 3. The zero-order valence-corrected chi connectivity index (χ0v) is 17.1. The Kier molecular flexibility index (Phi) is 4.99. The number of aromatic nitrogens is 1. The molecule has 4 aromatic rings. The van der Waals surface area contributed by atoms with Crippen molar-refractivity contribution < 1.29 is 13.9 Å². The molecule has 0 unspecified atom stereocenters. The molecule has 0 bridgehead atoms. The second-order valence-corrected chi connectivity index (χ2v) is 8.10. The van der Waals surface area contributed by atoms with E-state index in [1.165, 1.54) is 17.7 Å². The van der Waals surface area contributed by atoms with E-state index < -0.39 is 0 Å². The number of hydrogen-bond acceptors (Lipinski definition) is 3. The van der Waals surface area contributed by atoms with Gasteiger partial charge in [-0.1, -0.05) is 42.8 Å². The highest BCUT2D eigenvalue weighted by Gasteiger charge is 2.41. The van der Waals surface area contributed by atoms with Gasteiger partial charge in [-0.2, -0.15) is 0 Å². The highest BCUT2D eigenvalue weighted by molar-refractivity contribution is 5.80. The van der Waals surface area contributed by atoms with Gasteiger partial charge in [0, 0.05) is 16.4 Å². The van der Waals surface area contributed by atoms with Gasteiger partial charge in [-0.25, -0.2) is 9.37 Å². The minimum atomic E-state index is -0.274. The Labute approximate surface area is 180 Å². The van der Waals surface area contributed by atoms with Crippen LogP contribution in [0.2, 0.25) is 0 Å². The van der Waals surface area contributed by atoms with E-state index in [4.69, 9.17) is 4.74 Å². The number of rotatable bonds is 6. The van der Waals surface area contributed by atoms with Crippen LogP contribution in [0.5, 0.6) is 5.75 Å². The molecule has 0 atom stereocenters. The Morgan fingerprint density at radius 3 is 2.55 bits per heavy atom. The van der Waals surface area contributed by atoms with Gasteiger partial charge in [-0.3, -0.25) is 4.79 Å².